The summed E-state index contributed by atoms with van der Waals surface area (Å²) in [7, 11) is 1.59. The van der Waals surface area contributed by atoms with E-state index in [2.05, 4.69) is 28.2 Å². The summed E-state index contributed by atoms with van der Waals surface area (Å²) in [5, 5.41) is 3.16. The third-order valence-corrected chi connectivity index (χ3v) is 4.78. The fourth-order valence-corrected chi connectivity index (χ4v) is 3.46. The first-order valence-electron chi connectivity index (χ1n) is 7.78. The molecule has 3 nitrogen and oxygen atoms in total. The first-order valence-corrected chi connectivity index (χ1v) is 8.57. The van der Waals surface area contributed by atoms with E-state index in [-0.39, 0.29) is 5.91 Å². The zero-order chi connectivity index (χ0) is 15.2. The molecule has 116 valence electrons. The largest absolute Gasteiger partial charge is 0.496 e. The van der Waals surface area contributed by atoms with Crippen molar-refractivity contribution in [1.82, 2.24) is 5.32 Å². The number of rotatable bonds is 5. The molecule has 1 fully saturated rings. The molecule has 0 unspecified atom stereocenters. The third kappa shape index (κ3) is 4.47. The van der Waals surface area contributed by atoms with Crippen LogP contribution in [0.3, 0.4) is 0 Å². The van der Waals surface area contributed by atoms with Crippen molar-refractivity contribution in [2.45, 2.75) is 51.5 Å². The number of amides is 1. The number of hydrogen-bond donors (Lipinski definition) is 1. The molecule has 0 atom stereocenters. The Morgan fingerprint density at radius 1 is 1.33 bits per heavy atom. The Morgan fingerprint density at radius 2 is 2.05 bits per heavy atom. The molecular weight excluding hydrogens is 330 g/mol. The first-order chi connectivity index (χ1) is 10.1. The normalized spacial score (nSPS) is 21.9. The number of methoxy groups -OCH3 is 1. The number of carbonyl (C=O) groups excluding carboxylic acids is 1. The van der Waals surface area contributed by atoms with E-state index in [4.69, 9.17) is 4.74 Å². The Balaban J connectivity index is 1.93. The standard InChI is InChI=1S/C17H24BrNO2/c1-3-4-12-5-8-14(9-6-12)19-17(20)15-10-7-13(18)11-16(15)21-2/h7,10-12,14H,3-6,8-9H2,1-2H3,(H,19,20). The molecule has 1 aliphatic rings. The van der Waals surface area contributed by atoms with Crippen LogP contribution >= 0.6 is 15.9 Å². The molecule has 1 amide bonds. The van der Waals surface area contributed by atoms with Crippen molar-refractivity contribution in [3.8, 4) is 5.75 Å². The van der Waals surface area contributed by atoms with Crippen molar-refractivity contribution in [3.05, 3.63) is 28.2 Å². The molecular formula is C17H24BrNO2. The lowest BCUT2D eigenvalue weighted by atomic mass is 9.83. The van der Waals surface area contributed by atoms with Crippen molar-refractivity contribution in [3.63, 3.8) is 0 Å². The van der Waals surface area contributed by atoms with Gasteiger partial charge >= 0.3 is 0 Å². The van der Waals surface area contributed by atoms with E-state index in [9.17, 15) is 4.79 Å². The van der Waals surface area contributed by atoms with Crippen molar-refractivity contribution < 1.29 is 9.53 Å². The molecule has 1 aromatic carbocycles. The van der Waals surface area contributed by atoms with E-state index < -0.39 is 0 Å². The van der Waals surface area contributed by atoms with Gasteiger partial charge in [-0.2, -0.15) is 0 Å². The van der Waals surface area contributed by atoms with Crippen molar-refractivity contribution in [1.29, 1.82) is 0 Å². The molecule has 0 heterocycles. The molecule has 1 N–H and O–H groups in total. The van der Waals surface area contributed by atoms with Gasteiger partial charge < -0.3 is 10.1 Å². The van der Waals surface area contributed by atoms with E-state index in [1.807, 2.05) is 12.1 Å². The fraction of sp³-hybridized carbons (Fsp3) is 0.588. The number of ether oxygens (including phenoxy) is 1. The predicted molar refractivity (Wildman–Crippen MR) is 88.8 cm³/mol. The molecule has 21 heavy (non-hydrogen) atoms. The highest BCUT2D eigenvalue weighted by atomic mass is 79.9. The Kier molecular flexibility index (Phi) is 6.09. The number of benzene rings is 1. The van der Waals surface area contributed by atoms with Crippen LogP contribution in [0.2, 0.25) is 0 Å². The number of carbonyl (C=O) groups is 1. The third-order valence-electron chi connectivity index (χ3n) is 4.29. The SMILES string of the molecule is CCCC1CCC(NC(=O)c2ccc(Br)cc2OC)CC1. The molecule has 1 aliphatic carbocycles. The van der Waals surface area contributed by atoms with E-state index in [0.717, 1.165) is 23.2 Å². The van der Waals surface area contributed by atoms with Crippen molar-refractivity contribution in [2.75, 3.05) is 7.11 Å². The van der Waals surface area contributed by atoms with Gasteiger partial charge in [-0.1, -0.05) is 35.7 Å². The summed E-state index contributed by atoms with van der Waals surface area (Å²) >= 11 is 3.39. The molecule has 0 aliphatic heterocycles. The van der Waals surface area contributed by atoms with Gasteiger partial charge in [-0.25, -0.2) is 0 Å². The van der Waals surface area contributed by atoms with Crippen LogP contribution < -0.4 is 10.1 Å². The van der Waals surface area contributed by atoms with Crippen LogP contribution in [0.5, 0.6) is 5.75 Å². The first kappa shape index (κ1) is 16.3. The highest BCUT2D eigenvalue weighted by molar-refractivity contribution is 9.10. The van der Waals surface area contributed by atoms with E-state index in [0.29, 0.717) is 17.4 Å². The van der Waals surface area contributed by atoms with Gasteiger partial charge in [-0.3, -0.25) is 4.79 Å². The topological polar surface area (TPSA) is 38.3 Å². The van der Waals surface area contributed by atoms with E-state index >= 15 is 0 Å². The molecule has 0 bridgehead atoms. The maximum Gasteiger partial charge on any atom is 0.255 e. The molecule has 1 saturated carbocycles. The number of halogens is 1. The summed E-state index contributed by atoms with van der Waals surface area (Å²) in [5.74, 6) is 1.44. The highest BCUT2D eigenvalue weighted by Gasteiger charge is 2.23. The highest BCUT2D eigenvalue weighted by Crippen LogP contribution is 2.28. The van der Waals surface area contributed by atoms with Gasteiger partial charge in [0.15, 0.2) is 0 Å². The average molecular weight is 354 g/mol. The van der Waals surface area contributed by atoms with Crippen LogP contribution in [0.1, 0.15) is 55.8 Å². The van der Waals surface area contributed by atoms with Gasteiger partial charge in [0, 0.05) is 10.5 Å². The maximum absolute atomic E-state index is 12.4. The van der Waals surface area contributed by atoms with Crippen LogP contribution in [0.4, 0.5) is 0 Å². The molecule has 2 rings (SSSR count). The summed E-state index contributed by atoms with van der Waals surface area (Å²) in [6.45, 7) is 2.24. The van der Waals surface area contributed by atoms with Crippen LogP contribution in [-0.4, -0.2) is 19.1 Å². The number of hydrogen-bond acceptors (Lipinski definition) is 2. The smallest absolute Gasteiger partial charge is 0.255 e. The summed E-state index contributed by atoms with van der Waals surface area (Å²) in [5.41, 5.74) is 0.608. The zero-order valence-corrected chi connectivity index (χ0v) is 14.4. The van der Waals surface area contributed by atoms with Gasteiger partial charge in [-0.05, 0) is 49.8 Å². The molecule has 4 heteroatoms. The average Bonchev–Trinajstić information content (AvgIpc) is 2.49. The van der Waals surface area contributed by atoms with Crippen LogP contribution in [0.25, 0.3) is 0 Å². The summed E-state index contributed by atoms with van der Waals surface area (Å²) < 4.78 is 6.21. The second-order valence-electron chi connectivity index (χ2n) is 5.82. The summed E-state index contributed by atoms with van der Waals surface area (Å²) in [6, 6.07) is 5.81. The van der Waals surface area contributed by atoms with Crippen molar-refractivity contribution >= 4 is 21.8 Å². The van der Waals surface area contributed by atoms with Gasteiger partial charge in [0.05, 0.1) is 12.7 Å². The quantitative estimate of drug-likeness (QED) is 0.843. The second-order valence-corrected chi connectivity index (χ2v) is 6.74. The Morgan fingerprint density at radius 3 is 2.67 bits per heavy atom. The minimum absolute atomic E-state index is 0.0294. The monoisotopic (exact) mass is 353 g/mol. The summed E-state index contributed by atoms with van der Waals surface area (Å²) in [4.78, 5) is 12.4. The van der Waals surface area contributed by atoms with Gasteiger partial charge in [0.1, 0.15) is 5.75 Å². The molecule has 0 spiro atoms. The summed E-state index contributed by atoms with van der Waals surface area (Å²) in [6.07, 6.45) is 7.23. The molecule has 0 radical (unpaired) electrons. The Bertz CT molecular complexity index is 482. The lowest BCUT2D eigenvalue weighted by Gasteiger charge is -2.29. The zero-order valence-electron chi connectivity index (χ0n) is 12.8. The van der Waals surface area contributed by atoms with E-state index in [1.54, 1.807) is 13.2 Å². The molecule has 0 saturated heterocycles. The minimum Gasteiger partial charge on any atom is -0.496 e. The van der Waals surface area contributed by atoms with Crippen molar-refractivity contribution in [2.24, 2.45) is 5.92 Å². The molecule has 1 aromatic rings. The van der Waals surface area contributed by atoms with Crippen LogP contribution in [-0.2, 0) is 0 Å². The van der Waals surface area contributed by atoms with Gasteiger partial charge in [-0.15, -0.1) is 0 Å². The lowest BCUT2D eigenvalue weighted by Crippen LogP contribution is -2.37. The molecule has 0 aromatic heterocycles. The Labute approximate surface area is 135 Å². The van der Waals surface area contributed by atoms with E-state index in [1.165, 1.54) is 25.7 Å². The maximum atomic E-state index is 12.4. The van der Waals surface area contributed by atoms with Gasteiger partial charge in [0.25, 0.3) is 5.91 Å². The van der Waals surface area contributed by atoms with Gasteiger partial charge in [0.2, 0.25) is 0 Å². The van der Waals surface area contributed by atoms with Crippen LogP contribution in [0.15, 0.2) is 22.7 Å². The predicted octanol–water partition coefficient (Wildman–Crippen LogP) is 4.55. The fourth-order valence-electron chi connectivity index (χ4n) is 3.12. The Hall–Kier alpha value is -1.03. The minimum atomic E-state index is -0.0294. The van der Waals surface area contributed by atoms with Crippen LogP contribution in [0, 0.1) is 5.92 Å². The number of nitrogens with one attached hydrogen (secondary N) is 1. The second kappa shape index (κ2) is 7.83. The lowest BCUT2D eigenvalue weighted by molar-refractivity contribution is 0.0918.